The SMILES string of the molecule is CC(C)(O)CCc1cc(C2CC2)cc2cc(CNc3cc(NC(=O)[C@H]4C[C@@H]4c4cccc(Cl)c4)ncn3)nn12. The van der Waals surface area contributed by atoms with Gasteiger partial charge in [0.1, 0.15) is 18.0 Å². The Morgan fingerprint density at radius 2 is 1.92 bits per heavy atom. The molecule has 3 N–H and O–H groups in total. The second-order valence-electron chi connectivity index (χ2n) is 11.5. The van der Waals surface area contributed by atoms with E-state index >= 15 is 0 Å². The Morgan fingerprint density at radius 3 is 2.69 bits per heavy atom. The number of carbonyl (C=O) groups excluding carboxylic acids is 1. The molecule has 0 aliphatic heterocycles. The van der Waals surface area contributed by atoms with Crippen LogP contribution in [0.15, 0.2) is 54.9 Å². The second kappa shape index (κ2) is 10.2. The van der Waals surface area contributed by atoms with Crippen LogP contribution in [0.2, 0.25) is 5.02 Å². The average molecular weight is 545 g/mol. The third-order valence-corrected chi connectivity index (χ3v) is 7.76. The van der Waals surface area contributed by atoms with Gasteiger partial charge in [0.05, 0.1) is 23.4 Å². The summed E-state index contributed by atoms with van der Waals surface area (Å²) in [4.78, 5) is 21.4. The zero-order chi connectivity index (χ0) is 27.1. The molecule has 0 radical (unpaired) electrons. The van der Waals surface area contributed by atoms with Gasteiger partial charge >= 0.3 is 0 Å². The van der Waals surface area contributed by atoms with E-state index in [-0.39, 0.29) is 17.7 Å². The summed E-state index contributed by atoms with van der Waals surface area (Å²) in [6.07, 6.45) is 6.13. The minimum Gasteiger partial charge on any atom is -0.390 e. The Hall–Kier alpha value is -3.49. The minimum absolute atomic E-state index is 0.0463. The summed E-state index contributed by atoms with van der Waals surface area (Å²) in [6.45, 7) is 4.16. The molecule has 9 heteroatoms. The van der Waals surface area contributed by atoms with Crippen LogP contribution >= 0.6 is 11.6 Å². The summed E-state index contributed by atoms with van der Waals surface area (Å²) >= 11 is 6.11. The largest absolute Gasteiger partial charge is 0.390 e. The fraction of sp³-hybridized carbons (Fsp3) is 0.400. The van der Waals surface area contributed by atoms with Crippen molar-refractivity contribution in [2.24, 2.45) is 5.92 Å². The summed E-state index contributed by atoms with van der Waals surface area (Å²) in [5.41, 5.74) is 4.79. The van der Waals surface area contributed by atoms with Crippen molar-refractivity contribution >= 4 is 34.7 Å². The smallest absolute Gasteiger partial charge is 0.229 e. The van der Waals surface area contributed by atoms with Crippen molar-refractivity contribution < 1.29 is 9.90 Å². The van der Waals surface area contributed by atoms with Gasteiger partial charge in [-0.25, -0.2) is 14.5 Å². The van der Waals surface area contributed by atoms with Crippen molar-refractivity contribution in [2.75, 3.05) is 10.6 Å². The number of pyridine rings is 1. The van der Waals surface area contributed by atoms with Gasteiger partial charge in [0.2, 0.25) is 5.91 Å². The Balaban J connectivity index is 1.11. The van der Waals surface area contributed by atoms with Crippen molar-refractivity contribution in [2.45, 2.75) is 69.9 Å². The van der Waals surface area contributed by atoms with Gasteiger partial charge in [-0.15, -0.1) is 0 Å². The quantitative estimate of drug-likeness (QED) is 0.236. The van der Waals surface area contributed by atoms with Crippen LogP contribution in [0.3, 0.4) is 0 Å². The van der Waals surface area contributed by atoms with E-state index in [1.165, 1.54) is 24.7 Å². The first-order valence-electron chi connectivity index (χ1n) is 13.6. The maximum Gasteiger partial charge on any atom is 0.229 e. The number of halogens is 1. The lowest BCUT2D eigenvalue weighted by atomic mass is 10.00. The molecule has 2 aliphatic carbocycles. The number of aliphatic hydroxyl groups is 1. The standard InChI is InChI=1S/C30H33ClN6O2/c1-30(2,39)9-8-23-11-20(18-6-7-18)12-24-13-22(36-37(23)24)16-32-27-15-28(34-17-33-27)35-29(38)26-14-25(26)19-4-3-5-21(31)10-19/h3-5,10-13,15,17-18,25-26,39H,6-9,14,16H2,1-2H3,(H2,32,33,34,35,38)/t25-,26+/m1/s1. The molecule has 2 aliphatic rings. The van der Waals surface area contributed by atoms with Gasteiger partial charge in [0.25, 0.3) is 0 Å². The van der Waals surface area contributed by atoms with Gasteiger partial charge in [-0.1, -0.05) is 23.7 Å². The topological polar surface area (TPSA) is 104 Å². The fourth-order valence-electron chi connectivity index (χ4n) is 5.11. The molecule has 0 unspecified atom stereocenters. The summed E-state index contributed by atoms with van der Waals surface area (Å²) in [6, 6.07) is 16.0. The summed E-state index contributed by atoms with van der Waals surface area (Å²) in [5, 5.41) is 22.0. The first-order valence-corrected chi connectivity index (χ1v) is 14.0. The molecule has 3 heterocycles. The monoisotopic (exact) mass is 544 g/mol. The van der Waals surface area contributed by atoms with Gasteiger partial charge in [-0.05, 0) is 99.2 Å². The first-order chi connectivity index (χ1) is 18.7. The van der Waals surface area contributed by atoms with Crippen LogP contribution in [-0.4, -0.2) is 36.2 Å². The number of nitrogens with one attached hydrogen (secondary N) is 2. The second-order valence-corrected chi connectivity index (χ2v) is 11.9. The Bertz CT molecular complexity index is 1520. The third-order valence-electron chi connectivity index (χ3n) is 7.52. The molecule has 39 heavy (non-hydrogen) atoms. The van der Waals surface area contributed by atoms with Crippen molar-refractivity contribution in [1.29, 1.82) is 0 Å². The molecule has 2 atom stereocenters. The number of aryl methyl sites for hydroxylation is 1. The van der Waals surface area contributed by atoms with Crippen molar-refractivity contribution in [3.8, 4) is 0 Å². The highest BCUT2D eigenvalue weighted by Crippen LogP contribution is 2.48. The molecule has 2 saturated carbocycles. The highest BCUT2D eigenvalue weighted by Gasteiger charge is 2.44. The summed E-state index contributed by atoms with van der Waals surface area (Å²) < 4.78 is 1.99. The number of hydrogen-bond acceptors (Lipinski definition) is 6. The van der Waals surface area contributed by atoms with E-state index in [2.05, 4.69) is 38.8 Å². The van der Waals surface area contributed by atoms with Gasteiger partial charge < -0.3 is 15.7 Å². The van der Waals surface area contributed by atoms with Crippen LogP contribution in [0.5, 0.6) is 0 Å². The average Bonchev–Trinajstić information content (AvgIpc) is 3.82. The van der Waals surface area contributed by atoms with E-state index in [0.717, 1.165) is 35.3 Å². The predicted molar refractivity (Wildman–Crippen MR) is 152 cm³/mol. The molecule has 3 aromatic heterocycles. The number of nitrogens with zero attached hydrogens (tertiary/aromatic N) is 4. The molecule has 6 rings (SSSR count). The number of amides is 1. The van der Waals surface area contributed by atoms with Gasteiger partial charge in [-0.2, -0.15) is 5.10 Å². The van der Waals surface area contributed by atoms with Crippen LogP contribution < -0.4 is 10.6 Å². The molecule has 8 nitrogen and oxygen atoms in total. The van der Waals surface area contributed by atoms with Crippen LogP contribution in [0.25, 0.3) is 5.52 Å². The molecule has 1 aromatic carbocycles. The van der Waals surface area contributed by atoms with Crippen molar-refractivity contribution in [3.05, 3.63) is 82.4 Å². The van der Waals surface area contributed by atoms with E-state index in [0.29, 0.717) is 35.5 Å². The Labute approximate surface area is 232 Å². The maximum atomic E-state index is 12.8. The third kappa shape index (κ3) is 6.23. The lowest BCUT2D eigenvalue weighted by Crippen LogP contribution is -2.20. The van der Waals surface area contributed by atoms with Crippen LogP contribution in [0, 0.1) is 5.92 Å². The number of benzene rings is 1. The number of fused-ring (bicyclic) bond motifs is 1. The van der Waals surface area contributed by atoms with Gasteiger partial charge in [-0.3, -0.25) is 4.79 Å². The molecule has 4 aromatic rings. The lowest BCUT2D eigenvalue weighted by Gasteiger charge is -2.17. The molecule has 0 spiro atoms. The van der Waals surface area contributed by atoms with Crippen LogP contribution in [-0.2, 0) is 17.8 Å². The maximum absolute atomic E-state index is 12.8. The minimum atomic E-state index is -0.727. The molecule has 1 amide bonds. The lowest BCUT2D eigenvalue weighted by molar-refractivity contribution is -0.117. The molecule has 0 bridgehead atoms. The fourth-order valence-corrected chi connectivity index (χ4v) is 5.31. The Morgan fingerprint density at radius 1 is 1.10 bits per heavy atom. The van der Waals surface area contributed by atoms with E-state index in [1.54, 1.807) is 6.07 Å². The number of rotatable bonds is 10. The predicted octanol–water partition coefficient (Wildman–Crippen LogP) is 5.71. The van der Waals surface area contributed by atoms with Crippen molar-refractivity contribution in [1.82, 2.24) is 19.6 Å². The van der Waals surface area contributed by atoms with Gasteiger partial charge in [0.15, 0.2) is 0 Å². The number of carbonyl (C=O) groups is 1. The molecule has 2 fully saturated rings. The normalized spacial score (nSPS) is 18.8. The van der Waals surface area contributed by atoms with Crippen LogP contribution in [0.1, 0.15) is 73.9 Å². The number of hydrogen-bond donors (Lipinski definition) is 3. The molecule has 202 valence electrons. The molecular weight excluding hydrogens is 512 g/mol. The van der Waals surface area contributed by atoms with E-state index in [4.69, 9.17) is 16.7 Å². The van der Waals surface area contributed by atoms with E-state index in [9.17, 15) is 9.90 Å². The molecular formula is C30H33ClN6O2. The Kier molecular flexibility index (Phi) is 6.77. The van der Waals surface area contributed by atoms with E-state index < -0.39 is 5.60 Å². The number of aromatic nitrogens is 4. The first kappa shape index (κ1) is 25.8. The highest BCUT2D eigenvalue weighted by atomic mass is 35.5. The molecule has 0 saturated heterocycles. The zero-order valence-corrected chi connectivity index (χ0v) is 22.9. The van der Waals surface area contributed by atoms with Crippen molar-refractivity contribution in [3.63, 3.8) is 0 Å². The van der Waals surface area contributed by atoms with Crippen LogP contribution in [0.4, 0.5) is 11.6 Å². The number of anilines is 2. The summed E-state index contributed by atoms with van der Waals surface area (Å²) in [5.74, 6) is 1.77. The van der Waals surface area contributed by atoms with E-state index in [1.807, 2.05) is 42.6 Å². The highest BCUT2D eigenvalue weighted by molar-refractivity contribution is 6.30. The van der Waals surface area contributed by atoms with Gasteiger partial charge in [0, 0.05) is 22.7 Å². The zero-order valence-electron chi connectivity index (χ0n) is 22.2. The summed E-state index contributed by atoms with van der Waals surface area (Å²) in [7, 11) is 0.